The molecule has 2 aromatic carbocycles. The summed E-state index contributed by atoms with van der Waals surface area (Å²) in [5.41, 5.74) is 4.11. The van der Waals surface area contributed by atoms with Gasteiger partial charge in [-0.25, -0.2) is 0 Å². The van der Waals surface area contributed by atoms with Gasteiger partial charge in [-0.15, -0.1) is 0 Å². The highest BCUT2D eigenvalue weighted by Gasteiger charge is 2.28. The van der Waals surface area contributed by atoms with Gasteiger partial charge in [0.2, 0.25) is 6.79 Å². The zero-order valence-electron chi connectivity index (χ0n) is 14.8. The maximum atomic E-state index is 5.74. The summed E-state index contributed by atoms with van der Waals surface area (Å²) in [5.74, 6) is 3.11. The Bertz CT molecular complexity index is 907. The van der Waals surface area contributed by atoms with Gasteiger partial charge in [0, 0.05) is 23.2 Å². The lowest BCUT2D eigenvalue weighted by Gasteiger charge is -2.33. The molecule has 0 radical (unpaired) electrons. The topological polar surface area (TPSA) is 52.5 Å². The fraction of sp³-hybridized carbons (Fsp3) is 0.350. The summed E-state index contributed by atoms with van der Waals surface area (Å²) >= 11 is 0. The smallest absolute Gasteiger partial charge is 0.231 e. The molecule has 2 aromatic rings. The normalized spacial score (nSPS) is 17.2. The Labute approximate surface area is 151 Å². The Morgan fingerprint density at radius 1 is 0.885 bits per heavy atom. The van der Waals surface area contributed by atoms with Gasteiger partial charge in [0.05, 0.1) is 11.4 Å². The predicted molar refractivity (Wildman–Crippen MR) is 98.1 cm³/mol. The average molecular weight is 352 g/mol. The molecule has 0 aromatic heterocycles. The van der Waals surface area contributed by atoms with Crippen LogP contribution in [0, 0.1) is 0 Å². The maximum Gasteiger partial charge on any atom is 0.231 e. The van der Waals surface area contributed by atoms with Crippen molar-refractivity contribution < 1.29 is 18.9 Å². The van der Waals surface area contributed by atoms with E-state index in [0.717, 1.165) is 45.5 Å². The number of ether oxygens (including phenoxy) is 4. The predicted octanol–water partition coefficient (Wildman–Crippen LogP) is 3.21. The van der Waals surface area contributed by atoms with E-state index < -0.39 is 0 Å². The van der Waals surface area contributed by atoms with Crippen molar-refractivity contribution in [1.82, 2.24) is 0 Å². The minimum Gasteiger partial charge on any atom is -0.486 e. The standard InChI is InChI=1S/C20H20N2O4/c1-12(2)22-10-21-20(13-3-4-16-17(7-13)24-6-5-23-16)14-8-18-19(9-15(14)22)26-11-25-18/h3-4,7-9,12H,5-6,10-11H2,1-2H3. The first-order valence-electron chi connectivity index (χ1n) is 8.86. The van der Waals surface area contributed by atoms with Crippen molar-refractivity contribution >= 4 is 11.4 Å². The molecule has 0 saturated carbocycles. The highest BCUT2D eigenvalue weighted by molar-refractivity contribution is 6.17. The largest absolute Gasteiger partial charge is 0.486 e. The number of rotatable bonds is 2. The maximum absolute atomic E-state index is 5.74. The zero-order chi connectivity index (χ0) is 17.7. The van der Waals surface area contributed by atoms with E-state index in [1.807, 2.05) is 24.3 Å². The third-order valence-corrected chi connectivity index (χ3v) is 4.88. The Balaban J connectivity index is 1.63. The van der Waals surface area contributed by atoms with Gasteiger partial charge in [0.1, 0.15) is 19.9 Å². The van der Waals surface area contributed by atoms with Crippen LogP contribution < -0.4 is 23.8 Å². The van der Waals surface area contributed by atoms with Crippen molar-refractivity contribution in [2.45, 2.75) is 19.9 Å². The van der Waals surface area contributed by atoms with Crippen LogP contribution in [0.5, 0.6) is 23.0 Å². The fourth-order valence-electron chi connectivity index (χ4n) is 3.55. The monoisotopic (exact) mass is 352 g/mol. The van der Waals surface area contributed by atoms with E-state index in [1.54, 1.807) is 0 Å². The summed E-state index contributed by atoms with van der Waals surface area (Å²) in [4.78, 5) is 7.13. The summed E-state index contributed by atoms with van der Waals surface area (Å²) in [6.45, 7) is 6.35. The van der Waals surface area contributed by atoms with Crippen molar-refractivity contribution in [3.63, 3.8) is 0 Å². The average Bonchev–Trinajstić information content (AvgIpc) is 3.12. The Morgan fingerprint density at radius 3 is 2.42 bits per heavy atom. The van der Waals surface area contributed by atoms with Gasteiger partial charge >= 0.3 is 0 Å². The Kier molecular flexibility index (Phi) is 3.45. The molecule has 5 rings (SSSR count). The van der Waals surface area contributed by atoms with Crippen molar-refractivity contribution in [2.75, 3.05) is 31.6 Å². The van der Waals surface area contributed by atoms with Crippen LogP contribution in [0.3, 0.4) is 0 Å². The van der Waals surface area contributed by atoms with Crippen molar-refractivity contribution in [3.8, 4) is 23.0 Å². The third-order valence-electron chi connectivity index (χ3n) is 4.88. The molecule has 3 aliphatic rings. The second-order valence-corrected chi connectivity index (χ2v) is 6.79. The summed E-state index contributed by atoms with van der Waals surface area (Å²) in [6, 6.07) is 10.4. The summed E-state index contributed by atoms with van der Waals surface area (Å²) in [6.07, 6.45) is 0. The molecule has 0 saturated heterocycles. The molecule has 0 spiro atoms. The highest BCUT2D eigenvalue weighted by Crippen LogP contribution is 2.42. The highest BCUT2D eigenvalue weighted by atomic mass is 16.7. The van der Waals surface area contributed by atoms with Gasteiger partial charge in [-0.1, -0.05) is 0 Å². The van der Waals surface area contributed by atoms with E-state index in [9.17, 15) is 0 Å². The Hall–Kier alpha value is -2.89. The molecular weight excluding hydrogens is 332 g/mol. The molecule has 0 aliphatic carbocycles. The van der Waals surface area contributed by atoms with Crippen LogP contribution in [-0.2, 0) is 0 Å². The summed E-state index contributed by atoms with van der Waals surface area (Å²) in [5, 5.41) is 0. The lowest BCUT2D eigenvalue weighted by Crippen LogP contribution is -2.35. The number of hydrogen-bond acceptors (Lipinski definition) is 6. The van der Waals surface area contributed by atoms with Crippen molar-refractivity contribution in [1.29, 1.82) is 0 Å². The number of nitrogens with zero attached hydrogens (tertiary/aromatic N) is 2. The van der Waals surface area contributed by atoms with Crippen LogP contribution in [0.15, 0.2) is 35.3 Å². The SMILES string of the molecule is CC(C)N1CN=C(c2ccc3c(c2)OCCO3)c2cc3c(cc21)OCO3. The Morgan fingerprint density at radius 2 is 1.62 bits per heavy atom. The number of fused-ring (bicyclic) bond motifs is 3. The van der Waals surface area contributed by atoms with Gasteiger partial charge in [-0.2, -0.15) is 0 Å². The molecule has 0 fully saturated rings. The zero-order valence-corrected chi connectivity index (χ0v) is 14.8. The number of aliphatic imine (C=N–C) groups is 1. The molecule has 0 atom stereocenters. The third kappa shape index (κ3) is 2.36. The molecule has 3 aliphatic heterocycles. The molecule has 26 heavy (non-hydrogen) atoms. The second kappa shape index (κ2) is 5.83. The number of hydrogen-bond donors (Lipinski definition) is 0. The van der Waals surface area contributed by atoms with Crippen molar-refractivity contribution in [2.24, 2.45) is 4.99 Å². The first kappa shape index (κ1) is 15.4. The molecule has 0 bridgehead atoms. The fourth-order valence-corrected chi connectivity index (χ4v) is 3.55. The summed E-state index contributed by atoms with van der Waals surface area (Å²) < 4.78 is 22.6. The van der Waals surface area contributed by atoms with E-state index >= 15 is 0 Å². The number of benzene rings is 2. The van der Waals surface area contributed by atoms with Gasteiger partial charge in [0.15, 0.2) is 23.0 Å². The van der Waals surface area contributed by atoms with E-state index in [2.05, 4.69) is 24.8 Å². The van der Waals surface area contributed by atoms with E-state index in [0.29, 0.717) is 25.9 Å². The molecule has 6 nitrogen and oxygen atoms in total. The lowest BCUT2D eigenvalue weighted by molar-refractivity contribution is 0.171. The lowest BCUT2D eigenvalue weighted by atomic mass is 9.97. The van der Waals surface area contributed by atoms with E-state index in [1.165, 1.54) is 0 Å². The molecule has 3 heterocycles. The second-order valence-electron chi connectivity index (χ2n) is 6.79. The van der Waals surface area contributed by atoms with Crippen LogP contribution in [0.4, 0.5) is 5.69 Å². The van der Waals surface area contributed by atoms with Gasteiger partial charge in [-0.05, 0) is 38.1 Å². The van der Waals surface area contributed by atoms with Crippen LogP contribution in [0.25, 0.3) is 0 Å². The van der Waals surface area contributed by atoms with E-state index in [4.69, 9.17) is 23.9 Å². The minimum atomic E-state index is 0.260. The molecule has 6 heteroatoms. The van der Waals surface area contributed by atoms with E-state index in [-0.39, 0.29) is 6.79 Å². The van der Waals surface area contributed by atoms with Gasteiger partial charge < -0.3 is 23.8 Å². The minimum absolute atomic E-state index is 0.260. The summed E-state index contributed by atoms with van der Waals surface area (Å²) in [7, 11) is 0. The molecule has 0 amide bonds. The molecule has 0 N–H and O–H groups in total. The van der Waals surface area contributed by atoms with Crippen LogP contribution in [0.1, 0.15) is 25.0 Å². The first-order valence-corrected chi connectivity index (χ1v) is 8.86. The molecular formula is C20H20N2O4. The first-order chi connectivity index (χ1) is 12.7. The molecule has 0 unspecified atom stereocenters. The van der Waals surface area contributed by atoms with Crippen LogP contribution in [0.2, 0.25) is 0 Å². The quantitative estimate of drug-likeness (QED) is 0.831. The number of anilines is 1. The van der Waals surface area contributed by atoms with Gasteiger partial charge in [0.25, 0.3) is 0 Å². The van der Waals surface area contributed by atoms with Crippen molar-refractivity contribution in [3.05, 3.63) is 41.5 Å². The molecule has 134 valence electrons. The van der Waals surface area contributed by atoms with Crippen LogP contribution >= 0.6 is 0 Å². The van der Waals surface area contributed by atoms with Crippen LogP contribution in [-0.4, -0.2) is 38.4 Å². The van der Waals surface area contributed by atoms with Gasteiger partial charge in [-0.3, -0.25) is 4.99 Å².